The van der Waals surface area contributed by atoms with Crippen molar-refractivity contribution in [2.45, 2.75) is 0 Å². The van der Waals surface area contributed by atoms with Gasteiger partial charge in [-0.25, -0.2) is 4.98 Å². The van der Waals surface area contributed by atoms with Gasteiger partial charge in [-0.15, -0.1) is 0 Å². The first-order chi connectivity index (χ1) is 5.54. The lowest BCUT2D eigenvalue weighted by Crippen LogP contribution is -2.13. The molecule has 4 nitrogen and oxygen atoms in total. The van der Waals surface area contributed by atoms with Crippen LogP contribution in [0.2, 0.25) is 0 Å². The van der Waals surface area contributed by atoms with Crippen LogP contribution in [0.3, 0.4) is 0 Å². The molecule has 1 rings (SSSR count). The van der Waals surface area contributed by atoms with E-state index in [0.29, 0.717) is 11.4 Å². The standard InChI is InChI=1S/C7H11N2O2P/c1-11-6-4-5-8-7(9-6)12(2,3)10/h4-5H,1-3H3. The van der Waals surface area contributed by atoms with E-state index in [-0.39, 0.29) is 0 Å². The molecule has 0 amide bonds. The highest BCUT2D eigenvalue weighted by Crippen LogP contribution is 2.32. The minimum atomic E-state index is -2.36. The second-order valence-corrected chi connectivity index (χ2v) is 5.85. The van der Waals surface area contributed by atoms with Gasteiger partial charge >= 0.3 is 0 Å². The van der Waals surface area contributed by atoms with Gasteiger partial charge in [0.2, 0.25) is 5.88 Å². The van der Waals surface area contributed by atoms with Gasteiger partial charge in [0.15, 0.2) is 5.57 Å². The van der Waals surface area contributed by atoms with Crippen LogP contribution in [0.15, 0.2) is 12.3 Å². The first kappa shape index (κ1) is 9.20. The predicted molar refractivity (Wildman–Crippen MR) is 47.7 cm³/mol. The van der Waals surface area contributed by atoms with E-state index >= 15 is 0 Å². The lowest BCUT2D eigenvalue weighted by atomic mass is 10.6. The zero-order valence-corrected chi connectivity index (χ0v) is 8.21. The molecular weight excluding hydrogens is 175 g/mol. The molecule has 0 saturated heterocycles. The van der Waals surface area contributed by atoms with Crippen LogP contribution in [0.5, 0.6) is 5.88 Å². The minimum absolute atomic E-state index is 0.363. The van der Waals surface area contributed by atoms with Gasteiger partial charge in [0.25, 0.3) is 0 Å². The Kier molecular flexibility index (Phi) is 2.48. The van der Waals surface area contributed by atoms with E-state index in [0.717, 1.165) is 0 Å². The summed E-state index contributed by atoms with van der Waals surface area (Å²) in [4.78, 5) is 7.87. The first-order valence-corrected chi connectivity index (χ1v) is 6.07. The Morgan fingerprint density at radius 1 is 1.50 bits per heavy atom. The highest BCUT2D eigenvalue weighted by atomic mass is 31.2. The summed E-state index contributed by atoms with van der Waals surface area (Å²) in [5, 5.41) is 0. The Balaban J connectivity index is 3.11. The number of rotatable bonds is 2. The molecule has 0 aromatic carbocycles. The highest BCUT2D eigenvalue weighted by Gasteiger charge is 2.14. The van der Waals surface area contributed by atoms with Crippen molar-refractivity contribution in [1.82, 2.24) is 9.97 Å². The molecule has 1 aromatic heterocycles. The maximum Gasteiger partial charge on any atom is 0.216 e. The van der Waals surface area contributed by atoms with E-state index < -0.39 is 7.14 Å². The second kappa shape index (κ2) is 3.23. The van der Waals surface area contributed by atoms with Crippen LogP contribution >= 0.6 is 7.14 Å². The minimum Gasteiger partial charge on any atom is -0.481 e. The Morgan fingerprint density at radius 2 is 2.17 bits per heavy atom. The molecule has 0 fully saturated rings. The summed E-state index contributed by atoms with van der Waals surface area (Å²) in [6.07, 6.45) is 1.54. The second-order valence-electron chi connectivity index (χ2n) is 2.75. The van der Waals surface area contributed by atoms with Crippen molar-refractivity contribution in [3.8, 4) is 5.88 Å². The van der Waals surface area contributed by atoms with Gasteiger partial charge in [-0.05, 0) is 13.3 Å². The lowest BCUT2D eigenvalue weighted by Gasteiger charge is -2.05. The third-order valence-electron chi connectivity index (χ3n) is 1.31. The van der Waals surface area contributed by atoms with Crippen molar-refractivity contribution < 1.29 is 9.30 Å². The van der Waals surface area contributed by atoms with Gasteiger partial charge in [-0.3, -0.25) is 0 Å². The van der Waals surface area contributed by atoms with Crippen molar-refractivity contribution in [3.05, 3.63) is 12.3 Å². The Labute approximate surface area is 71.4 Å². The van der Waals surface area contributed by atoms with E-state index in [1.54, 1.807) is 25.6 Å². The summed E-state index contributed by atoms with van der Waals surface area (Å²) in [6, 6.07) is 1.62. The molecule has 1 heterocycles. The van der Waals surface area contributed by atoms with Crippen molar-refractivity contribution in [1.29, 1.82) is 0 Å². The van der Waals surface area contributed by atoms with Crippen LogP contribution in [0.1, 0.15) is 0 Å². The number of aromatic nitrogens is 2. The predicted octanol–water partition coefficient (Wildman–Crippen LogP) is 0.733. The largest absolute Gasteiger partial charge is 0.481 e. The quantitative estimate of drug-likeness (QED) is 0.639. The summed E-state index contributed by atoms with van der Waals surface area (Å²) >= 11 is 0. The van der Waals surface area contributed by atoms with Crippen molar-refractivity contribution >= 4 is 12.7 Å². The van der Waals surface area contributed by atoms with Crippen LogP contribution in [0.4, 0.5) is 0 Å². The molecule has 0 bridgehead atoms. The van der Waals surface area contributed by atoms with E-state index in [4.69, 9.17) is 4.74 Å². The SMILES string of the molecule is COc1ccnc(P(C)(C)=O)n1. The maximum absolute atomic E-state index is 11.5. The van der Waals surface area contributed by atoms with Gasteiger partial charge < -0.3 is 9.30 Å². The average Bonchev–Trinajstić information content (AvgIpc) is 2.03. The number of hydrogen-bond donors (Lipinski definition) is 0. The Bertz CT molecular complexity index is 321. The van der Waals surface area contributed by atoms with Gasteiger partial charge in [-0.2, -0.15) is 4.98 Å². The number of hydrogen-bond acceptors (Lipinski definition) is 4. The van der Waals surface area contributed by atoms with Gasteiger partial charge in [0, 0.05) is 12.3 Å². The molecule has 66 valence electrons. The third-order valence-corrected chi connectivity index (χ3v) is 2.49. The third kappa shape index (κ3) is 2.05. The fourth-order valence-electron chi connectivity index (χ4n) is 0.706. The molecular formula is C7H11N2O2P. The van der Waals surface area contributed by atoms with E-state index in [1.165, 1.54) is 7.11 Å². The number of methoxy groups -OCH3 is 1. The van der Waals surface area contributed by atoms with Crippen molar-refractivity contribution in [2.24, 2.45) is 0 Å². The molecule has 0 radical (unpaired) electrons. The molecule has 0 N–H and O–H groups in total. The van der Waals surface area contributed by atoms with Crippen molar-refractivity contribution in [2.75, 3.05) is 20.4 Å². The summed E-state index contributed by atoms with van der Waals surface area (Å²) in [6.45, 7) is 3.25. The maximum atomic E-state index is 11.5. The van der Waals surface area contributed by atoms with E-state index in [9.17, 15) is 4.57 Å². The Morgan fingerprint density at radius 3 is 2.67 bits per heavy atom. The van der Waals surface area contributed by atoms with Crippen LogP contribution in [0, 0.1) is 0 Å². The van der Waals surface area contributed by atoms with Gasteiger partial charge in [0.05, 0.1) is 7.11 Å². The lowest BCUT2D eigenvalue weighted by molar-refractivity contribution is 0.398. The molecule has 0 aliphatic heterocycles. The normalized spacial score (nSPS) is 11.2. The zero-order valence-electron chi connectivity index (χ0n) is 7.31. The molecule has 0 aliphatic carbocycles. The molecule has 0 spiro atoms. The average molecular weight is 186 g/mol. The van der Waals surface area contributed by atoms with E-state index in [1.807, 2.05) is 0 Å². The van der Waals surface area contributed by atoms with Crippen LogP contribution < -0.4 is 10.3 Å². The first-order valence-electron chi connectivity index (χ1n) is 3.46. The Hall–Kier alpha value is -0.890. The summed E-state index contributed by atoms with van der Waals surface area (Å²) in [7, 11) is -0.844. The number of nitrogens with zero attached hydrogens (tertiary/aromatic N) is 2. The van der Waals surface area contributed by atoms with Crippen LogP contribution in [-0.2, 0) is 4.57 Å². The molecule has 0 unspecified atom stereocenters. The smallest absolute Gasteiger partial charge is 0.216 e. The molecule has 12 heavy (non-hydrogen) atoms. The van der Waals surface area contributed by atoms with Crippen molar-refractivity contribution in [3.63, 3.8) is 0 Å². The highest BCUT2D eigenvalue weighted by molar-refractivity contribution is 7.69. The fraction of sp³-hybridized carbons (Fsp3) is 0.429. The topological polar surface area (TPSA) is 52.1 Å². The molecule has 5 heteroatoms. The van der Waals surface area contributed by atoms with Gasteiger partial charge in [0.1, 0.15) is 7.14 Å². The molecule has 0 atom stereocenters. The molecule has 0 saturated carbocycles. The summed E-state index contributed by atoms with van der Waals surface area (Å²) in [5.41, 5.74) is 0.363. The fourth-order valence-corrected chi connectivity index (χ4v) is 1.39. The summed E-state index contributed by atoms with van der Waals surface area (Å²) < 4.78 is 16.4. The zero-order chi connectivity index (χ0) is 9.19. The van der Waals surface area contributed by atoms with Crippen LogP contribution in [-0.4, -0.2) is 30.4 Å². The van der Waals surface area contributed by atoms with Crippen LogP contribution in [0.25, 0.3) is 0 Å². The number of ether oxygens (including phenoxy) is 1. The monoisotopic (exact) mass is 186 g/mol. The summed E-state index contributed by atoms with van der Waals surface area (Å²) in [5.74, 6) is 0.448. The molecule has 0 aliphatic rings. The van der Waals surface area contributed by atoms with E-state index in [2.05, 4.69) is 9.97 Å². The molecule has 1 aromatic rings. The van der Waals surface area contributed by atoms with Gasteiger partial charge in [-0.1, -0.05) is 0 Å².